The van der Waals surface area contributed by atoms with Crippen molar-refractivity contribution in [2.45, 2.75) is 31.3 Å². The molecule has 2 rings (SSSR count). The van der Waals surface area contributed by atoms with Crippen LogP contribution in [0.3, 0.4) is 0 Å². The van der Waals surface area contributed by atoms with Gasteiger partial charge in [-0.3, -0.25) is 0 Å². The Hall–Kier alpha value is -0.640. The van der Waals surface area contributed by atoms with E-state index in [1.165, 1.54) is 6.42 Å². The highest BCUT2D eigenvalue weighted by molar-refractivity contribution is 6.29. The fourth-order valence-electron chi connectivity index (χ4n) is 2.90. The van der Waals surface area contributed by atoms with Gasteiger partial charge in [0.1, 0.15) is 10.8 Å². The van der Waals surface area contributed by atoms with E-state index >= 15 is 0 Å². The molecule has 1 aromatic heterocycles. The van der Waals surface area contributed by atoms with Gasteiger partial charge in [-0.25, -0.2) is 4.98 Å². The average Bonchev–Trinajstić information content (AvgIpc) is 2.32. The Bertz CT molecular complexity index is 411. The summed E-state index contributed by atoms with van der Waals surface area (Å²) in [6, 6.07) is 5.50. The molecule has 0 aromatic carbocycles. The minimum atomic E-state index is -0.826. The molecule has 1 aromatic rings. The molecule has 1 aliphatic carbocycles. The monoisotopic (exact) mass is 268 g/mol. The third-order valence-electron chi connectivity index (χ3n) is 3.78. The van der Waals surface area contributed by atoms with Gasteiger partial charge in [-0.05, 0) is 39.1 Å². The zero-order valence-electron chi connectivity index (χ0n) is 11.1. The molecule has 1 N–H and O–H groups in total. The smallest absolute Gasteiger partial charge is 0.129 e. The SMILES string of the molecule is CN(C)C[C@@H]1CCCC[C@@]1(O)c1cccc(Cl)n1. The van der Waals surface area contributed by atoms with Gasteiger partial charge < -0.3 is 10.0 Å². The first kappa shape index (κ1) is 13.8. The summed E-state index contributed by atoms with van der Waals surface area (Å²) in [5.41, 5.74) is -0.102. The lowest BCUT2D eigenvalue weighted by Crippen LogP contribution is -2.43. The van der Waals surface area contributed by atoms with E-state index in [0.717, 1.165) is 31.5 Å². The van der Waals surface area contributed by atoms with Crippen molar-refractivity contribution in [3.8, 4) is 0 Å². The maximum atomic E-state index is 11.0. The number of pyridine rings is 1. The first-order valence-electron chi connectivity index (χ1n) is 6.52. The largest absolute Gasteiger partial charge is 0.383 e. The average molecular weight is 269 g/mol. The summed E-state index contributed by atoms with van der Waals surface area (Å²) in [5, 5.41) is 11.5. The Morgan fingerprint density at radius 3 is 2.89 bits per heavy atom. The van der Waals surface area contributed by atoms with E-state index in [4.69, 9.17) is 11.6 Å². The summed E-state index contributed by atoms with van der Waals surface area (Å²) in [5.74, 6) is 0.229. The van der Waals surface area contributed by atoms with Gasteiger partial charge in [-0.2, -0.15) is 0 Å². The minimum absolute atomic E-state index is 0.229. The Balaban J connectivity index is 2.29. The lowest BCUT2D eigenvalue weighted by Gasteiger charge is -2.40. The molecular formula is C14H21ClN2O. The number of aromatic nitrogens is 1. The molecule has 0 unspecified atom stereocenters. The van der Waals surface area contributed by atoms with Crippen molar-refractivity contribution in [2.75, 3.05) is 20.6 Å². The highest BCUT2D eigenvalue weighted by atomic mass is 35.5. The number of rotatable bonds is 3. The van der Waals surface area contributed by atoms with Crippen molar-refractivity contribution < 1.29 is 5.11 Å². The second-order valence-electron chi connectivity index (χ2n) is 5.47. The summed E-state index contributed by atoms with van der Waals surface area (Å²) in [4.78, 5) is 6.45. The van der Waals surface area contributed by atoms with E-state index in [1.807, 2.05) is 26.2 Å². The molecule has 0 spiro atoms. The quantitative estimate of drug-likeness (QED) is 0.857. The van der Waals surface area contributed by atoms with E-state index in [-0.39, 0.29) is 5.92 Å². The van der Waals surface area contributed by atoms with Crippen molar-refractivity contribution in [1.29, 1.82) is 0 Å². The topological polar surface area (TPSA) is 36.4 Å². The predicted molar refractivity (Wildman–Crippen MR) is 73.7 cm³/mol. The molecule has 1 fully saturated rings. The van der Waals surface area contributed by atoms with Crippen LogP contribution < -0.4 is 0 Å². The highest BCUT2D eigenvalue weighted by Gasteiger charge is 2.41. The molecule has 2 atom stereocenters. The zero-order valence-corrected chi connectivity index (χ0v) is 11.8. The van der Waals surface area contributed by atoms with Gasteiger partial charge in [0, 0.05) is 12.5 Å². The maximum absolute atomic E-state index is 11.0. The van der Waals surface area contributed by atoms with Gasteiger partial charge in [0.15, 0.2) is 0 Å². The van der Waals surface area contributed by atoms with E-state index in [2.05, 4.69) is 9.88 Å². The Kier molecular flexibility index (Phi) is 4.25. The van der Waals surface area contributed by atoms with Crippen LogP contribution >= 0.6 is 11.6 Å². The summed E-state index contributed by atoms with van der Waals surface area (Å²) in [6.07, 6.45) is 4.05. The van der Waals surface area contributed by atoms with Crippen LogP contribution in [0.2, 0.25) is 5.15 Å². The molecule has 0 amide bonds. The van der Waals surface area contributed by atoms with Gasteiger partial charge in [0.2, 0.25) is 0 Å². The van der Waals surface area contributed by atoms with Crippen molar-refractivity contribution in [3.05, 3.63) is 29.0 Å². The molecule has 1 saturated carbocycles. The number of nitrogens with zero attached hydrogens (tertiary/aromatic N) is 2. The Morgan fingerprint density at radius 1 is 1.44 bits per heavy atom. The number of hydrogen-bond donors (Lipinski definition) is 1. The van der Waals surface area contributed by atoms with Crippen LogP contribution in [0.25, 0.3) is 0 Å². The van der Waals surface area contributed by atoms with Gasteiger partial charge in [0.25, 0.3) is 0 Å². The molecule has 0 radical (unpaired) electrons. The maximum Gasteiger partial charge on any atom is 0.129 e. The van der Waals surface area contributed by atoms with Crippen LogP contribution in [0.5, 0.6) is 0 Å². The normalized spacial score (nSPS) is 28.6. The summed E-state index contributed by atoms with van der Waals surface area (Å²) in [7, 11) is 4.08. The third kappa shape index (κ3) is 2.85. The Morgan fingerprint density at radius 2 is 2.22 bits per heavy atom. The van der Waals surface area contributed by atoms with Gasteiger partial charge in [0.05, 0.1) is 5.69 Å². The predicted octanol–water partition coefficient (Wildman–Crippen LogP) is 2.67. The Labute approximate surface area is 114 Å². The van der Waals surface area contributed by atoms with Crippen LogP contribution in [0.1, 0.15) is 31.4 Å². The van der Waals surface area contributed by atoms with Crippen LogP contribution in [0.4, 0.5) is 0 Å². The fourth-order valence-corrected chi connectivity index (χ4v) is 3.06. The second-order valence-corrected chi connectivity index (χ2v) is 5.86. The van der Waals surface area contributed by atoms with Crippen LogP contribution in [0, 0.1) is 5.92 Å². The molecule has 1 aliphatic rings. The second kappa shape index (κ2) is 5.55. The number of hydrogen-bond acceptors (Lipinski definition) is 3. The van der Waals surface area contributed by atoms with Crippen LogP contribution in [-0.2, 0) is 5.60 Å². The third-order valence-corrected chi connectivity index (χ3v) is 3.99. The number of halogens is 1. The van der Waals surface area contributed by atoms with Crippen molar-refractivity contribution >= 4 is 11.6 Å². The number of aliphatic hydroxyl groups is 1. The lowest BCUT2D eigenvalue weighted by molar-refractivity contribution is -0.0652. The molecule has 4 heteroatoms. The van der Waals surface area contributed by atoms with Gasteiger partial charge in [-0.15, -0.1) is 0 Å². The summed E-state index contributed by atoms with van der Waals surface area (Å²) < 4.78 is 0. The lowest BCUT2D eigenvalue weighted by atomic mass is 9.73. The van der Waals surface area contributed by atoms with Crippen molar-refractivity contribution in [3.63, 3.8) is 0 Å². The molecule has 0 bridgehead atoms. The summed E-state index contributed by atoms with van der Waals surface area (Å²) >= 11 is 5.95. The zero-order chi connectivity index (χ0) is 13.2. The molecule has 18 heavy (non-hydrogen) atoms. The highest BCUT2D eigenvalue weighted by Crippen LogP contribution is 2.41. The molecular weight excluding hydrogens is 248 g/mol. The molecule has 0 saturated heterocycles. The van der Waals surface area contributed by atoms with E-state index in [1.54, 1.807) is 6.07 Å². The first-order valence-corrected chi connectivity index (χ1v) is 6.90. The van der Waals surface area contributed by atoms with Crippen LogP contribution in [0.15, 0.2) is 18.2 Å². The van der Waals surface area contributed by atoms with Crippen molar-refractivity contribution in [1.82, 2.24) is 9.88 Å². The van der Waals surface area contributed by atoms with Gasteiger partial charge >= 0.3 is 0 Å². The van der Waals surface area contributed by atoms with Crippen molar-refractivity contribution in [2.24, 2.45) is 5.92 Å². The fraction of sp³-hybridized carbons (Fsp3) is 0.643. The molecule has 100 valence electrons. The molecule has 0 aliphatic heterocycles. The molecule has 1 heterocycles. The van der Waals surface area contributed by atoms with E-state index < -0.39 is 5.60 Å². The van der Waals surface area contributed by atoms with E-state index in [9.17, 15) is 5.11 Å². The van der Waals surface area contributed by atoms with Gasteiger partial charge in [-0.1, -0.05) is 30.5 Å². The molecule has 3 nitrogen and oxygen atoms in total. The van der Waals surface area contributed by atoms with Crippen LogP contribution in [-0.4, -0.2) is 35.6 Å². The van der Waals surface area contributed by atoms with E-state index in [0.29, 0.717) is 5.15 Å². The first-order chi connectivity index (χ1) is 8.52. The standard InChI is InChI=1S/C14H21ClN2O/c1-17(2)10-11-6-3-4-9-14(11,18)12-7-5-8-13(15)16-12/h5,7-8,11,18H,3-4,6,9-10H2,1-2H3/t11-,14-/m0/s1. The minimum Gasteiger partial charge on any atom is -0.383 e. The summed E-state index contributed by atoms with van der Waals surface area (Å²) in [6.45, 7) is 0.880.